The first-order chi connectivity index (χ1) is 7.00. The van der Waals surface area contributed by atoms with Crippen molar-refractivity contribution in [3.63, 3.8) is 0 Å². The third-order valence-corrected chi connectivity index (χ3v) is 5.38. The third kappa shape index (κ3) is 2.03. The van der Waals surface area contributed by atoms with Gasteiger partial charge in [-0.2, -0.15) is 0 Å². The van der Waals surface area contributed by atoms with E-state index in [0.717, 1.165) is 25.7 Å². The summed E-state index contributed by atoms with van der Waals surface area (Å²) in [6.07, 6.45) is 7.29. The van der Waals surface area contributed by atoms with Crippen LogP contribution in [0, 0.1) is 11.8 Å². The van der Waals surface area contributed by atoms with Gasteiger partial charge in [-0.05, 0) is 37.5 Å². The van der Waals surface area contributed by atoms with Crippen molar-refractivity contribution in [2.75, 3.05) is 0 Å². The molecular formula is C12H18O2S. The van der Waals surface area contributed by atoms with Crippen LogP contribution in [0.15, 0.2) is 22.0 Å². The highest BCUT2D eigenvalue weighted by molar-refractivity contribution is 7.99. The van der Waals surface area contributed by atoms with Crippen molar-refractivity contribution in [1.82, 2.24) is 0 Å². The van der Waals surface area contributed by atoms with Crippen LogP contribution in [0.2, 0.25) is 0 Å². The fourth-order valence-corrected chi connectivity index (χ4v) is 4.26. The Kier molecular flexibility index (Phi) is 2.75. The van der Waals surface area contributed by atoms with Gasteiger partial charge in [0.1, 0.15) is 0 Å². The van der Waals surface area contributed by atoms with E-state index >= 15 is 0 Å². The molecule has 2 atom stereocenters. The van der Waals surface area contributed by atoms with Crippen molar-refractivity contribution in [3.8, 4) is 0 Å². The standard InChI is InChI=1S/C12H18O2S/c1-9-3-5-11(7-9)15(13,14)12-6-4-10(2)8-12/h7-10H,3-6H2,1-2H3. The number of sulfone groups is 1. The summed E-state index contributed by atoms with van der Waals surface area (Å²) in [6, 6.07) is 0. The minimum atomic E-state index is -3.08. The molecule has 0 heterocycles. The Morgan fingerprint density at radius 2 is 1.40 bits per heavy atom. The van der Waals surface area contributed by atoms with E-state index in [1.807, 2.05) is 12.2 Å². The molecule has 2 unspecified atom stereocenters. The van der Waals surface area contributed by atoms with Gasteiger partial charge in [-0.15, -0.1) is 0 Å². The average Bonchev–Trinajstić information content (AvgIpc) is 2.74. The highest BCUT2D eigenvalue weighted by atomic mass is 32.2. The zero-order chi connectivity index (χ0) is 11.1. The van der Waals surface area contributed by atoms with E-state index in [-0.39, 0.29) is 0 Å². The zero-order valence-electron chi connectivity index (χ0n) is 9.36. The molecule has 0 aromatic heterocycles. The molecule has 0 N–H and O–H groups in total. The number of allylic oxidation sites excluding steroid dienone is 4. The summed E-state index contributed by atoms with van der Waals surface area (Å²) >= 11 is 0. The summed E-state index contributed by atoms with van der Waals surface area (Å²) in [5.41, 5.74) is 0. The Morgan fingerprint density at radius 3 is 1.67 bits per heavy atom. The molecule has 84 valence electrons. The highest BCUT2D eigenvalue weighted by Gasteiger charge is 2.29. The molecule has 2 aliphatic rings. The van der Waals surface area contributed by atoms with Crippen LogP contribution in [0.4, 0.5) is 0 Å². The van der Waals surface area contributed by atoms with Crippen molar-refractivity contribution in [3.05, 3.63) is 22.0 Å². The molecule has 0 saturated heterocycles. The number of hydrogen-bond acceptors (Lipinski definition) is 2. The molecule has 0 amide bonds. The van der Waals surface area contributed by atoms with E-state index < -0.39 is 9.84 Å². The van der Waals surface area contributed by atoms with E-state index in [1.165, 1.54) is 0 Å². The van der Waals surface area contributed by atoms with E-state index in [4.69, 9.17) is 0 Å². The van der Waals surface area contributed by atoms with Gasteiger partial charge in [0.05, 0.1) is 0 Å². The van der Waals surface area contributed by atoms with Crippen molar-refractivity contribution in [1.29, 1.82) is 0 Å². The smallest absolute Gasteiger partial charge is 0.198 e. The van der Waals surface area contributed by atoms with Crippen LogP contribution in [0.25, 0.3) is 0 Å². The SMILES string of the molecule is CC1C=C(S(=O)(=O)C2=CC(C)CC2)CC1. The van der Waals surface area contributed by atoms with Gasteiger partial charge in [0.2, 0.25) is 0 Å². The quantitative estimate of drug-likeness (QED) is 0.725. The maximum absolute atomic E-state index is 12.2. The normalized spacial score (nSPS) is 31.6. The van der Waals surface area contributed by atoms with Gasteiger partial charge in [-0.25, -0.2) is 8.42 Å². The molecule has 0 aromatic carbocycles. The van der Waals surface area contributed by atoms with Crippen LogP contribution in [0.1, 0.15) is 39.5 Å². The second kappa shape index (κ2) is 3.78. The molecule has 2 aliphatic carbocycles. The molecule has 2 nitrogen and oxygen atoms in total. The molecule has 0 spiro atoms. The van der Waals surface area contributed by atoms with Gasteiger partial charge in [0.15, 0.2) is 9.84 Å². The van der Waals surface area contributed by atoms with E-state index in [0.29, 0.717) is 21.6 Å². The Hall–Kier alpha value is -0.570. The maximum Gasteiger partial charge on any atom is 0.198 e. The van der Waals surface area contributed by atoms with Crippen molar-refractivity contribution < 1.29 is 8.42 Å². The Labute approximate surface area is 92.0 Å². The Balaban J connectivity index is 2.28. The predicted molar refractivity (Wildman–Crippen MR) is 61.9 cm³/mol. The number of hydrogen-bond donors (Lipinski definition) is 0. The summed E-state index contributed by atoms with van der Waals surface area (Å²) < 4.78 is 24.4. The molecule has 0 fully saturated rings. The first-order valence-corrected chi connectivity index (χ1v) is 7.15. The first kappa shape index (κ1) is 10.9. The summed E-state index contributed by atoms with van der Waals surface area (Å²) in [5, 5.41) is 0. The van der Waals surface area contributed by atoms with Crippen LogP contribution in [-0.2, 0) is 9.84 Å². The second-order valence-corrected chi connectivity index (χ2v) is 6.86. The van der Waals surface area contributed by atoms with Gasteiger partial charge in [-0.1, -0.05) is 26.0 Å². The van der Waals surface area contributed by atoms with Crippen LogP contribution in [0.5, 0.6) is 0 Å². The van der Waals surface area contributed by atoms with E-state index in [2.05, 4.69) is 13.8 Å². The van der Waals surface area contributed by atoms with E-state index in [1.54, 1.807) is 0 Å². The van der Waals surface area contributed by atoms with Gasteiger partial charge in [0, 0.05) is 9.81 Å². The topological polar surface area (TPSA) is 34.1 Å². The van der Waals surface area contributed by atoms with Crippen LogP contribution in [-0.4, -0.2) is 8.42 Å². The van der Waals surface area contributed by atoms with Crippen molar-refractivity contribution >= 4 is 9.84 Å². The lowest BCUT2D eigenvalue weighted by atomic mass is 10.2. The van der Waals surface area contributed by atoms with Gasteiger partial charge in [-0.3, -0.25) is 0 Å². The van der Waals surface area contributed by atoms with Crippen LogP contribution >= 0.6 is 0 Å². The second-order valence-electron chi connectivity index (χ2n) is 4.80. The van der Waals surface area contributed by atoms with Crippen molar-refractivity contribution in [2.45, 2.75) is 39.5 Å². The van der Waals surface area contributed by atoms with E-state index in [9.17, 15) is 8.42 Å². The summed E-state index contributed by atoms with van der Waals surface area (Å²) in [6.45, 7) is 4.16. The summed E-state index contributed by atoms with van der Waals surface area (Å²) in [7, 11) is -3.08. The maximum atomic E-state index is 12.2. The minimum Gasteiger partial charge on any atom is -0.219 e. The molecule has 0 saturated carbocycles. The van der Waals surface area contributed by atoms with Gasteiger partial charge >= 0.3 is 0 Å². The molecule has 0 bridgehead atoms. The summed E-state index contributed by atoms with van der Waals surface area (Å²) in [5.74, 6) is 0.850. The molecular weight excluding hydrogens is 208 g/mol. The van der Waals surface area contributed by atoms with Crippen LogP contribution in [0.3, 0.4) is 0 Å². The first-order valence-electron chi connectivity index (χ1n) is 5.66. The number of rotatable bonds is 2. The fraction of sp³-hybridized carbons (Fsp3) is 0.667. The summed E-state index contributed by atoms with van der Waals surface area (Å²) in [4.78, 5) is 1.32. The molecule has 2 rings (SSSR count). The third-order valence-electron chi connectivity index (χ3n) is 3.32. The lowest BCUT2D eigenvalue weighted by molar-refractivity contribution is 0.604. The molecule has 15 heavy (non-hydrogen) atoms. The zero-order valence-corrected chi connectivity index (χ0v) is 10.2. The lowest BCUT2D eigenvalue weighted by Crippen LogP contribution is -2.04. The Bertz CT molecular complexity index is 381. The van der Waals surface area contributed by atoms with Crippen LogP contribution < -0.4 is 0 Å². The largest absolute Gasteiger partial charge is 0.219 e. The fourth-order valence-electron chi connectivity index (χ4n) is 2.32. The average molecular weight is 226 g/mol. The molecule has 0 aromatic rings. The monoisotopic (exact) mass is 226 g/mol. The van der Waals surface area contributed by atoms with Crippen molar-refractivity contribution in [2.24, 2.45) is 11.8 Å². The molecule has 3 heteroatoms. The molecule has 0 aliphatic heterocycles. The predicted octanol–water partition coefficient (Wildman–Crippen LogP) is 3.03. The molecule has 0 radical (unpaired) electrons. The Morgan fingerprint density at radius 1 is 1.00 bits per heavy atom. The lowest BCUT2D eigenvalue weighted by Gasteiger charge is -2.04. The van der Waals surface area contributed by atoms with Gasteiger partial charge in [0.25, 0.3) is 0 Å². The van der Waals surface area contributed by atoms with Gasteiger partial charge < -0.3 is 0 Å². The minimum absolute atomic E-state index is 0.425. The highest BCUT2D eigenvalue weighted by Crippen LogP contribution is 2.36.